The van der Waals surface area contributed by atoms with Crippen molar-refractivity contribution in [2.24, 2.45) is 0 Å². The number of aliphatic hydroxyl groups excluding tert-OH is 1. The fourth-order valence-corrected chi connectivity index (χ4v) is 3.06. The maximum Gasteiger partial charge on any atom is 0.234 e. The van der Waals surface area contributed by atoms with Crippen molar-refractivity contribution in [3.05, 3.63) is 48.0 Å². The summed E-state index contributed by atoms with van der Waals surface area (Å²) in [4.78, 5) is 18.3. The minimum atomic E-state index is -0.300. The molecule has 0 saturated carbocycles. The first kappa shape index (κ1) is 16.7. The van der Waals surface area contributed by atoms with Gasteiger partial charge in [0.05, 0.1) is 12.6 Å². The molecule has 6 nitrogen and oxygen atoms in total. The van der Waals surface area contributed by atoms with E-state index in [1.807, 2.05) is 46.9 Å². The number of hydrogen-bond donors (Lipinski definition) is 2. The van der Waals surface area contributed by atoms with Crippen LogP contribution in [0.4, 0.5) is 0 Å². The van der Waals surface area contributed by atoms with Gasteiger partial charge in [-0.2, -0.15) is 0 Å². The maximum absolute atomic E-state index is 12.0. The molecule has 1 fully saturated rings. The lowest BCUT2D eigenvalue weighted by Crippen LogP contribution is -2.44. The Morgan fingerprint density at radius 2 is 2.17 bits per heavy atom. The van der Waals surface area contributed by atoms with Gasteiger partial charge in [-0.05, 0) is 44.0 Å². The topological polar surface area (TPSA) is 70.4 Å². The standard InChI is InChI=1S/C18H24N4O2/c1-14-19-8-10-22(14)16-6-4-15(5-7-16)11-20-18(24)13-21-9-2-3-17(23)12-21/h4-8,10,17,23H,2-3,9,11-13H2,1H3,(H,20,24)/t17-/m0/s1. The summed E-state index contributed by atoms with van der Waals surface area (Å²) in [6.07, 6.45) is 5.19. The summed E-state index contributed by atoms with van der Waals surface area (Å²) in [5, 5.41) is 12.6. The van der Waals surface area contributed by atoms with Gasteiger partial charge in [-0.3, -0.25) is 9.69 Å². The Morgan fingerprint density at radius 3 is 2.83 bits per heavy atom. The molecular weight excluding hydrogens is 304 g/mol. The van der Waals surface area contributed by atoms with Crippen molar-refractivity contribution < 1.29 is 9.90 Å². The first-order valence-electron chi connectivity index (χ1n) is 8.38. The molecule has 1 aromatic carbocycles. The number of benzene rings is 1. The normalized spacial score (nSPS) is 18.5. The molecule has 0 unspecified atom stereocenters. The molecular formula is C18H24N4O2. The van der Waals surface area contributed by atoms with E-state index in [9.17, 15) is 9.90 Å². The minimum absolute atomic E-state index is 0.00127. The van der Waals surface area contributed by atoms with Crippen molar-refractivity contribution in [1.82, 2.24) is 19.8 Å². The molecule has 2 N–H and O–H groups in total. The zero-order chi connectivity index (χ0) is 16.9. The Hall–Kier alpha value is -2.18. The fraction of sp³-hybridized carbons (Fsp3) is 0.444. The van der Waals surface area contributed by atoms with E-state index in [0.29, 0.717) is 19.6 Å². The van der Waals surface area contributed by atoms with Crippen LogP contribution in [-0.4, -0.2) is 51.2 Å². The Bertz CT molecular complexity index is 681. The first-order chi connectivity index (χ1) is 11.6. The highest BCUT2D eigenvalue weighted by Crippen LogP contribution is 2.12. The number of piperidine rings is 1. The molecule has 1 aliphatic heterocycles. The third kappa shape index (κ3) is 4.21. The van der Waals surface area contributed by atoms with Crippen molar-refractivity contribution >= 4 is 5.91 Å². The molecule has 2 heterocycles. The predicted molar refractivity (Wildman–Crippen MR) is 91.8 cm³/mol. The number of likely N-dealkylation sites (tertiary alicyclic amines) is 1. The molecule has 3 rings (SSSR count). The van der Waals surface area contributed by atoms with Gasteiger partial charge in [0.1, 0.15) is 5.82 Å². The molecule has 24 heavy (non-hydrogen) atoms. The van der Waals surface area contributed by atoms with E-state index in [-0.39, 0.29) is 12.0 Å². The summed E-state index contributed by atoms with van der Waals surface area (Å²) in [6.45, 7) is 4.29. The van der Waals surface area contributed by atoms with Crippen molar-refractivity contribution in [1.29, 1.82) is 0 Å². The van der Waals surface area contributed by atoms with Crippen LogP contribution in [0.2, 0.25) is 0 Å². The molecule has 1 aromatic heterocycles. The lowest BCUT2D eigenvalue weighted by Gasteiger charge is -2.29. The number of nitrogens with one attached hydrogen (secondary N) is 1. The van der Waals surface area contributed by atoms with Crippen LogP contribution in [0.3, 0.4) is 0 Å². The summed E-state index contributed by atoms with van der Waals surface area (Å²) in [6, 6.07) is 8.08. The predicted octanol–water partition coefficient (Wildman–Crippen LogP) is 1.25. The van der Waals surface area contributed by atoms with E-state index < -0.39 is 0 Å². The van der Waals surface area contributed by atoms with E-state index in [4.69, 9.17) is 0 Å². The third-order valence-electron chi connectivity index (χ3n) is 4.38. The number of β-amino-alcohol motifs (C(OH)–C–C–N with tert-alkyl or cyclic N) is 1. The third-order valence-corrected chi connectivity index (χ3v) is 4.38. The summed E-state index contributed by atoms with van der Waals surface area (Å²) in [7, 11) is 0. The van der Waals surface area contributed by atoms with Gasteiger partial charge in [0.25, 0.3) is 0 Å². The fourth-order valence-electron chi connectivity index (χ4n) is 3.06. The highest BCUT2D eigenvalue weighted by molar-refractivity contribution is 5.78. The number of carbonyl (C=O) groups is 1. The van der Waals surface area contributed by atoms with E-state index in [1.165, 1.54) is 0 Å². The number of imidazole rings is 1. The Balaban J connectivity index is 1.49. The zero-order valence-electron chi connectivity index (χ0n) is 14.0. The molecule has 6 heteroatoms. The Morgan fingerprint density at radius 1 is 1.38 bits per heavy atom. The van der Waals surface area contributed by atoms with Gasteiger partial charge in [-0.15, -0.1) is 0 Å². The zero-order valence-corrected chi connectivity index (χ0v) is 14.0. The van der Waals surface area contributed by atoms with Crippen molar-refractivity contribution in [2.45, 2.75) is 32.4 Å². The summed E-state index contributed by atoms with van der Waals surface area (Å²) >= 11 is 0. The largest absolute Gasteiger partial charge is 0.392 e. The van der Waals surface area contributed by atoms with E-state index in [1.54, 1.807) is 6.20 Å². The molecule has 0 aliphatic carbocycles. The number of hydrogen-bond acceptors (Lipinski definition) is 4. The first-order valence-corrected chi connectivity index (χ1v) is 8.38. The van der Waals surface area contributed by atoms with Crippen LogP contribution in [0.5, 0.6) is 0 Å². The van der Waals surface area contributed by atoms with Gasteiger partial charge in [0.2, 0.25) is 5.91 Å². The molecule has 0 bridgehead atoms. The number of aryl methyl sites for hydroxylation is 1. The van der Waals surface area contributed by atoms with E-state index in [0.717, 1.165) is 36.5 Å². The van der Waals surface area contributed by atoms with Crippen LogP contribution in [0.1, 0.15) is 24.2 Å². The van der Waals surface area contributed by atoms with Gasteiger partial charge < -0.3 is 15.0 Å². The smallest absolute Gasteiger partial charge is 0.234 e. The van der Waals surface area contributed by atoms with Gasteiger partial charge in [0.15, 0.2) is 0 Å². The molecule has 128 valence electrons. The second-order valence-corrected chi connectivity index (χ2v) is 6.32. The van der Waals surface area contributed by atoms with Gasteiger partial charge in [0, 0.05) is 31.2 Å². The Labute approximate surface area is 142 Å². The SMILES string of the molecule is Cc1nccn1-c1ccc(CNC(=O)CN2CCC[C@H](O)C2)cc1. The molecule has 0 spiro atoms. The average Bonchev–Trinajstić information content (AvgIpc) is 2.99. The Kier molecular flexibility index (Phi) is 5.27. The van der Waals surface area contributed by atoms with Crippen LogP contribution in [-0.2, 0) is 11.3 Å². The summed E-state index contributed by atoms with van der Waals surface area (Å²) in [5.74, 6) is 0.943. The van der Waals surface area contributed by atoms with E-state index in [2.05, 4.69) is 10.3 Å². The molecule has 2 aromatic rings. The van der Waals surface area contributed by atoms with Gasteiger partial charge >= 0.3 is 0 Å². The van der Waals surface area contributed by atoms with Crippen LogP contribution < -0.4 is 5.32 Å². The van der Waals surface area contributed by atoms with Gasteiger partial charge in [-0.25, -0.2) is 4.98 Å². The second-order valence-electron chi connectivity index (χ2n) is 6.32. The molecule has 1 atom stereocenters. The maximum atomic E-state index is 12.0. The number of nitrogens with zero attached hydrogens (tertiary/aromatic N) is 3. The quantitative estimate of drug-likeness (QED) is 0.867. The van der Waals surface area contributed by atoms with Crippen molar-refractivity contribution in [3.8, 4) is 5.69 Å². The van der Waals surface area contributed by atoms with Crippen LogP contribution in [0.25, 0.3) is 5.69 Å². The highest BCUT2D eigenvalue weighted by Gasteiger charge is 2.19. The van der Waals surface area contributed by atoms with Crippen LogP contribution in [0, 0.1) is 6.92 Å². The molecule has 1 saturated heterocycles. The van der Waals surface area contributed by atoms with Crippen LogP contribution >= 0.6 is 0 Å². The van der Waals surface area contributed by atoms with Gasteiger partial charge in [-0.1, -0.05) is 12.1 Å². The molecule has 1 aliphatic rings. The molecule has 0 radical (unpaired) electrons. The average molecular weight is 328 g/mol. The highest BCUT2D eigenvalue weighted by atomic mass is 16.3. The number of carbonyl (C=O) groups excluding carboxylic acids is 1. The second kappa shape index (κ2) is 7.59. The van der Waals surface area contributed by atoms with E-state index >= 15 is 0 Å². The lowest BCUT2D eigenvalue weighted by atomic mass is 10.1. The summed E-state index contributed by atoms with van der Waals surface area (Å²) < 4.78 is 2.02. The number of aliphatic hydroxyl groups is 1. The van der Waals surface area contributed by atoms with Crippen LogP contribution in [0.15, 0.2) is 36.7 Å². The number of aromatic nitrogens is 2. The monoisotopic (exact) mass is 328 g/mol. The number of amides is 1. The summed E-state index contributed by atoms with van der Waals surface area (Å²) in [5.41, 5.74) is 2.12. The number of rotatable bonds is 5. The molecule has 1 amide bonds. The van der Waals surface area contributed by atoms with Crippen molar-refractivity contribution in [2.75, 3.05) is 19.6 Å². The lowest BCUT2D eigenvalue weighted by molar-refractivity contribution is -0.123. The minimum Gasteiger partial charge on any atom is -0.392 e. The van der Waals surface area contributed by atoms with Crippen molar-refractivity contribution in [3.63, 3.8) is 0 Å².